The van der Waals surface area contributed by atoms with Gasteiger partial charge >= 0.3 is 0 Å². The third-order valence-corrected chi connectivity index (χ3v) is 13.4. The van der Waals surface area contributed by atoms with Gasteiger partial charge < -0.3 is 4.57 Å². The van der Waals surface area contributed by atoms with Crippen molar-refractivity contribution in [3.05, 3.63) is 175 Å². The molecular weight excluding hydrogens is 763 g/mol. The molecule has 0 atom stereocenters. The first-order valence-corrected chi connectivity index (χ1v) is 21.9. The fraction of sp³-hybridized carbons (Fsp3) is 0.137. The summed E-state index contributed by atoms with van der Waals surface area (Å²) in [5.74, 6) is 0.138. The van der Waals surface area contributed by atoms with Crippen LogP contribution in [0.25, 0.3) is 66.6 Å². The number of hydrogen-bond donors (Lipinski definition) is 0. The van der Waals surface area contributed by atoms with Crippen molar-refractivity contribution in [1.82, 2.24) is 19.5 Å². The van der Waals surface area contributed by atoms with Crippen molar-refractivity contribution in [3.8, 4) is 33.8 Å². The van der Waals surface area contributed by atoms with E-state index >= 15 is 0 Å². The van der Waals surface area contributed by atoms with E-state index < -0.39 is 15.9 Å². The van der Waals surface area contributed by atoms with Crippen LogP contribution in [0.15, 0.2) is 169 Å². The molecular formula is C51H41N5O3S. The zero-order valence-corrected chi connectivity index (χ0v) is 33.9. The Kier molecular flexibility index (Phi) is 9.53. The Morgan fingerprint density at radius 3 is 2.03 bits per heavy atom. The zero-order chi connectivity index (χ0) is 40.8. The van der Waals surface area contributed by atoms with Crippen LogP contribution in [-0.4, -0.2) is 33.8 Å². The van der Waals surface area contributed by atoms with Crippen LogP contribution in [0.1, 0.15) is 54.2 Å². The van der Waals surface area contributed by atoms with E-state index in [1.54, 1.807) is 48.5 Å². The molecule has 1 saturated carbocycles. The predicted molar refractivity (Wildman–Crippen MR) is 240 cm³/mol. The zero-order valence-electron chi connectivity index (χ0n) is 33.1. The van der Waals surface area contributed by atoms with E-state index in [0.29, 0.717) is 16.4 Å². The number of aryl methyl sites for hydroxylation is 1. The van der Waals surface area contributed by atoms with Gasteiger partial charge in [0, 0.05) is 44.8 Å². The second-order valence-corrected chi connectivity index (χ2v) is 17.3. The third kappa shape index (κ3) is 6.80. The van der Waals surface area contributed by atoms with Crippen LogP contribution in [0.3, 0.4) is 0 Å². The molecule has 0 unspecified atom stereocenters. The first kappa shape index (κ1) is 37.3. The standard InChI is InChI=1S/C51H41N5O3S/c1-34-44(35-14-6-2-7-15-35)32-40-31-42(25-28-47(40)52-34)56(60(58,59)43-20-12-5-13-21-43)51(57)39-24-29-49-48(33-39)54-50(55(49)41-18-10-4-11-19-41)38-23-27-46-37(30-38)22-26-45(53-46)36-16-8-3-9-17-36/h2-3,5-9,12-17,20-33,41H,4,10-11,18-19H2,1H3. The summed E-state index contributed by atoms with van der Waals surface area (Å²) in [7, 11) is -4.37. The molecule has 0 saturated heterocycles. The number of benzene rings is 6. The summed E-state index contributed by atoms with van der Waals surface area (Å²) in [6.45, 7) is 1.96. The van der Waals surface area contributed by atoms with Crippen molar-refractivity contribution < 1.29 is 13.2 Å². The van der Waals surface area contributed by atoms with Crippen LogP contribution in [0.2, 0.25) is 0 Å². The Bertz CT molecular complexity index is 3180. The summed E-state index contributed by atoms with van der Waals surface area (Å²) in [4.78, 5) is 30.0. The maximum atomic E-state index is 14.9. The number of anilines is 1. The highest BCUT2D eigenvalue weighted by Crippen LogP contribution is 2.38. The van der Waals surface area contributed by atoms with Crippen LogP contribution in [0.4, 0.5) is 5.69 Å². The average Bonchev–Trinajstić information content (AvgIpc) is 3.69. The van der Waals surface area contributed by atoms with Crippen LogP contribution in [0.5, 0.6) is 0 Å². The minimum Gasteiger partial charge on any atom is -0.321 e. The van der Waals surface area contributed by atoms with Gasteiger partial charge in [-0.15, -0.1) is 0 Å². The van der Waals surface area contributed by atoms with Crippen LogP contribution in [0, 0.1) is 6.92 Å². The van der Waals surface area contributed by atoms with Gasteiger partial charge in [0.2, 0.25) is 0 Å². The van der Waals surface area contributed by atoms with Crippen LogP contribution < -0.4 is 4.31 Å². The van der Waals surface area contributed by atoms with E-state index in [-0.39, 0.29) is 22.2 Å². The summed E-state index contributed by atoms with van der Waals surface area (Å²) in [5, 5.41) is 1.72. The molecule has 0 N–H and O–H groups in total. The van der Waals surface area contributed by atoms with E-state index in [2.05, 4.69) is 34.9 Å². The van der Waals surface area contributed by atoms with Crippen LogP contribution >= 0.6 is 0 Å². The van der Waals surface area contributed by atoms with Crippen molar-refractivity contribution >= 4 is 54.5 Å². The summed E-state index contributed by atoms with van der Waals surface area (Å²) in [6, 6.07) is 51.4. The monoisotopic (exact) mass is 803 g/mol. The van der Waals surface area contributed by atoms with E-state index in [1.807, 2.05) is 79.7 Å². The lowest BCUT2D eigenvalue weighted by atomic mass is 9.94. The molecule has 60 heavy (non-hydrogen) atoms. The van der Waals surface area contributed by atoms with Crippen molar-refractivity contribution in [1.29, 1.82) is 0 Å². The van der Waals surface area contributed by atoms with Gasteiger partial charge in [0.1, 0.15) is 5.82 Å². The molecule has 0 radical (unpaired) electrons. The molecule has 8 nitrogen and oxygen atoms in total. The molecule has 9 aromatic rings. The Hall–Kier alpha value is -6.97. The Labute approximate surface area is 348 Å². The molecule has 0 spiro atoms. The van der Waals surface area contributed by atoms with E-state index in [0.717, 1.165) is 85.9 Å². The second kappa shape index (κ2) is 15.3. The SMILES string of the molecule is Cc1nc2ccc(N(C(=O)c3ccc4c(c3)nc(-c3ccc5nc(-c6ccccc6)ccc5c3)n4C3CCCCC3)S(=O)(=O)c3ccccc3)cc2cc1-c1ccccc1. The van der Waals surface area contributed by atoms with Crippen LogP contribution in [-0.2, 0) is 10.0 Å². The van der Waals surface area contributed by atoms with Gasteiger partial charge in [0.05, 0.1) is 38.3 Å². The average molecular weight is 804 g/mol. The summed E-state index contributed by atoms with van der Waals surface area (Å²) in [6.07, 6.45) is 5.51. The Morgan fingerprint density at radius 1 is 0.600 bits per heavy atom. The summed E-state index contributed by atoms with van der Waals surface area (Å²) >= 11 is 0. The lowest BCUT2D eigenvalue weighted by molar-refractivity contribution is 0.101. The number of hydrogen-bond acceptors (Lipinski definition) is 6. The quantitative estimate of drug-likeness (QED) is 0.152. The number of nitrogens with zero attached hydrogens (tertiary/aromatic N) is 5. The van der Waals surface area contributed by atoms with Gasteiger partial charge in [-0.1, -0.05) is 104 Å². The van der Waals surface area contributed by atoms with Gasteiger partial charge in [-0.25, -0.2) is 18.4 Å². The van der Waals surface area contributed by atoms with Crippen molar-refractivity contribution in [3.63, 3.8) is 0 Å². The molecule has 9 heteroatoms. The van der Waals surface area contributed by atoms with Gasteiger partial charge in [-0.2, -0.15) is 4.31 Å². The second-order valence-electron chi connectivity index (χ2n) is 15.5. The fourth-order valence-electron chi connectivity index (χ4n) is 8.66. The highest BCUT2D eigenvalue weighted by atomic mass is 32.2. The first-order chi connectivity index (χ1) is 29.3. The number of sulfonamides is 1. The largest absolute Gasteiger partial charge is 0.321 e. The number of carbonyl (C=O) groups is 1. The van der Waals surface area contributed by atoms with Crippen molar-refractivity contribution in [2.24, 2.45) is 0 Å². The third-order valence-electron chi connectivity index (χ3n) is 11.7. The van der Waals surface area contributed by atoms with Gasteiger partial charge in [-0.3, -0.25) is 9.78 Å². The lowest BCUT2D eigenvalue weighted by Gasteiger charge is -2.26. The molecule has 3 heterocycles. The minimum atomic E-state index is -4.37. The summed E-state index contributed by atoms with van der Waals surface area (Å²) in [5.41, 5.74) is 9.26. The highest BCUT2D eigenvalue weighted by molar-refractivity contribution is 7.93. The van der Waals surface area contributed by atoms with E-state index in [4.69, 9.17) is 15.0 Å². The van der Waals surface area contributed by atoms with E-state index in [9.17, 15) is 13.2 Å². The number of rotatable bonds is 8. The van der Waals surface area contributed by atoms with Gasteiger partial charge in [0.15, 0.2) is 0 Å². The number of carbonyl (C=O) groups excluding carboxylic acids is 1. The van der Waals surface area contributed by atoms with Crippen molar-refractivity contribution in [2.75, 3.05) is 4.31 Å². The highest BCUT2D eigenvalue weighted by Gasteiger charge is 2.33. The summed E-state index contributed by atoms with van der Waals surface area (Å²) < 4.78 is 32.5. The molecule has 3 aromatic heterocycles. The number of amides is 1. The minimum absolute atomic E-state index is 0.0112. The molecule has 0 aliphatic heterocycles. The molecule has 10 rings (SSSR count). The first-order valence-electron chi connectivity index (χ1n) is 20.4. The molecule has 1 aliphatic carbocycles. The molecule has 6 aromatic carbocycles. The number of fused-ring (bicyclic) bond motifs is 3. The smallest absolute Gasteiger partial charge is 0.272 e. The normalized spacial score (nSPS) is 13.6. The molecule has 1 amide bonds. The molecule has 0 bridgehead atoms. The molecule has 1 fully saturated rings. The molecule has 1 aliphatic rings. The molecule has 294 valence electrons. The predicted octanol–water partition coefficient (Wildman–Crippen LogP) is 12.0. The van der Waals surface area contributed by atoms with E-state index in [1.165, 1.54) is 18.6 Å². The lowest BCUT2D eigenvalue weighted by Crippen LogP contribution is -2.37. The van der Waals surface area contributed by atoms with Gasteiger partial charge in [0.25, 0.3) is 15.9 Å². The Balaban J connectivity index is 1.09. The Morgan fingerprint density at radius 2 is 1.28 bits per heavy atom. The topological polar surface area (TPSA) is 98.1 Å². The number of imidazole rings is 1. The number of pyridine rings is 2. The van der Waals surface area contributed by atoms with Crippen molar-refractivity contribution in [2.45, 2.75) is 50.0 Å². The van der Waals surface area contributed by atoms with Gasteiger partial charge in [-0.05, 0) is 104 Å². The fourth-order valence-corrected chi connectivity index (χ4v) is 10.1. The maximum Gasteiger partial charge on any atom is 0.272 e. The maximum absolute atomic E-state index is 14.9. The number of aromatic nitrogens is 4.